The average molecular weight is 266 g/mol. The highest BCUT2D eigenvalue weighted by Gasteiger charge is 2.19. The summed E-state index contributed by atoms with van der Waals surface area (Å²) in [5, 5.41) is 5.73. The summed E-state index contributed by atoms with van der Waals surface area (Å²) in [7, 11) is 2.21. The quantitative estimate of drug-likeness (QED) is 0.864. The molecule has 92 valence electrons. The van der Waals surface area contributed by atoms with Crippen molar-refractivity contribution in [2.45, 2.75) is 25.4 Å². The lowest BCUT2D eigenvalue weighted by molar-refractivity contribution is 0.327. The van der Waals surface area contributed by atoms with Crippen LogP contribution in [0.25, 0.3) is 9.40 Å². The van der Waals surface area contributed by atoms with Crippen molar-refractivity contribution in [2.24, 2.45) is 0 Å². The van der Waals surface area contributed by atoms with Gasteiger partial charge in [0.05, 0.1) is 0 Å². The maximum absolute atomic E-state index is 3.56. The first-order chi connectivity index (χ1) is 8.31. The summed E-state index contributed by atoms with van der Waals surface area (Å²) in [5.41, 5.74) is 0. The van der Waals surface area contributed by atoms with E-state index < -0.39 is 0 Å². The van der Waals surface area contributed by atoms with Gasteiger partial charge in [-0.1, -0.05) is 0 Å². The van der Waals surface area contributed by atoms with E-state index in [2.05, 4.69) is 34.8 Å². The summed E-state index contributed by atoms with van der Waals surface area (Å²) < 4.78 is 2.88. The molecule has 1 aliphatic carbocycles. The van der Waals surface area contributed by atoms with Crippen molar-refractivity contribution in [3.05, 3.63) is 22.4 Å². The third-order valence-corrected chi connectivity index (χ3v) is 5.20. The predicted octanol–water partition coefficient (Wildman–Crippen LogP) is 3.15. The van der Waals surface area contributed by atoms with Crippen LogP contribution in [-0.4, -0.2) is 31.1 Å². The fourth-order valence-electron chi connectivity index (χ4n) is 1.99. The third-order valence-electron chi connectivity index (χ3n) is 3.12. The normalized spacial score (nSPS) is 16.1. The minimum atomic E-state index is 0.829. The van der Waals surface area contributed by atoms with Crippen molar-refractivity contribution in [1.29, 1.82) is 0 Å². The van der Waals surface area contributed by atoms with Crippen LogP contribution in [-0.2, 0) is 6.54 Å². The van der Waals surface area contributed by atoms with Crippen molar-refractivity contribution < 1.29 is 0 Å². The predicted molar refractivity (Wildman–Crippen MR) is 77.1 cm³/mol. The maximum Gasteiger partial charge on any atom is 0.0453 e. The molecule has 0 radical (unpaired) electrons. The number of fused-ring (bicyclic) bond motifs is 1. The molecule has 0 atom stereocenters. The van der Waals surface area contributed by atoms with Gasteiger partial charge in [-0.25, -0.2) is 0 Å². The van der Waals surface area contributed by atoms with Crippen LogP contribution in [0.4, 0.5) is 0 Å². The summed E-state index contributed by atoms with van der Waals surface area (Å²) >= 11 is 3.78. The van der Waals surface area contributed by atoms with Crippen molar-refractivity contribution in [3.63, 3.8) is 0 Å². The highest BCUT2D eigenvalue weighted by Crippen LogP contribution is 2.30. The molecular weight excluding hydrogens is 248 g/mol. The van der Waals surface area contributed by atoms with Crippen LogP contribution in [0.2, 0.25) is 0 Å². The fraction of sp³-hybridized carbons (Fsp3) is 0.538. The second kappa shape index (κ2) is 5.06. The summed E-state index contributed by atoms with van der Waals surface area (Å²) in [6, 6.07) is 5.40. The molecule has 0 aliphatic heterocycles. The number of rotatable bonds is 6. The third kappa shape index (κ3) is 3.07. The van der Waals surface area contributed by atoms with Crippen molar-refractivity contribution in [1.82, 2.24) is 10.2 Å². The van der Waals surface area contributed by atoms with Crippen LogP contribution in [0, 0.1) is 0 Å². The number of hydrogen-bond acceptors (Lipinski definition) is 4. The van der Waals surface area contributed by atoms with E-state index in [9.17, 15) is 0 Å². The first-order valence-electron chi connectivity index (χ1n) is 6.19. The van der Waals surface area contributed by atoms with Crippen LogP contribution in [0.3, 0.4) is 0 Å². The average Bonchev–Trinajstić information content (AvgIpc) is 2.87. The maximum atomic E-state index is 3.56. The Bertz CT molecular complexity index is 456. The van der Waals surface area contributed by atoms with Gasteiger partial charge >= 0.3 is 0 Å². The van der Waals surface area contributed by atoms with Crippen LogP contribution in [0.5, 0.6) is 0 Å². The molecule has 0 saturated heterocycles. The molecule has 2 aromatic heterocycles. The van der Waals surface area contributed by atoms with Gasteiger partial charge in [0.15, 0.2) is 0 Å². The van der Waals surface area contributed by atoms with Crippen LogP contribution in [0.1, 0.15) is 17.7 Å². The van der Waals surface area contributed by atoms with E-state index in [4.69, 9.17) is 0 Å². The standard InChI is InChI=1S/C13H18N2S2/c1-15(6-5-14-10-2-3-10)9-11-8-13-12(17-11)4-7-16-13/h4,7-8,10,14H,2-3,5-6,9H2,1H3. The molecule has 1 N–H and O–H groups in total. The highest BCUT2D eigenvalue weighted by molar-refractivity contribution is 7.26. The van der Waals surface area contributed by atoms with Crippen LogP contribution in [0.15, 0.2) is 17.5 Å². The van der Waals surface area contributed by atoms with Crippen LogP contribution < -0.4 is 5.32 Å². The topological polar surface area (TPSA) is 15.3 Å². The Labute approximate surface area is 110 Å². The zero-order chi connectivity index (χ0) is 11.7. The number of thiophene rings is 2. The minimum Gasteiger partial charge on any atom is -0.313 e. The van der Waals surface area contributed by atoms with Crippen molar-refractivity contribution in [3.8, 4) is 0 Å². The second-order valence-corrected chi connectivity index (χ2v) is 6.94. The smallest absolute Gasteiger partial charge is 0.0453 e. The summed E-state index contributed by atoms with van der Waals surface area (Å²) in [4.78, 5) is 3.89. The highest BCUT2D eigenvalue weighted by atomic mass is 32.1. The van der Waals surface area contributed by atoms with E-state index >= 15 is 0 Å². The number of likely N-dealkylation sites (N-methyl/N-ethyl adjacent to an activating group) is 1. The lowest BCUT2D eigenvalue weighted by Gasteiger charge is -2.15. The zero-order valence-corrected chi connectivity index (χ0v) is 11.7. The molecule has 2 nitrogen and oxygen atoms in total. The fourth-order valence-corrected chi connectivity index (χ4v) is 4.20. The minimum absolute atomic E-state index is 0.829. The van der Waals surface area contributed by atoms with E-state index in [-0.39, 0.29) is 0 Å². The molecule has 1 fully saturated rings. The number of nitrogens with zero attached hydrogens (tertiary/aromatic N) is 1. The molecule has 0 unspecified atom stereocenters. The molecule has 0 bridgehead atoms. The van der Waals surface area contributed by atoms with E-state index in [0.29, 0.717) is 0 Å². The van der Waals surface area contributed by atoms with Crippen molar-refractivity contribution >= 4 is 32.1 Å². The molecule has 0 amide bonds. The van der Waals surface area contributed by atoms with Gasteiger partial charge < -0.3 is 10.2 Å². The van der Waals surface area contributed by atoms with E-state index in [1.165, 1.54) is 27.1 Å². The summed E-state index contributed by atoms with van der Waals surface area (Å²) in [6.45, 7) is 3.35. The van der Waals surface area contributed by atoms with E-state index in [0.717, 1.165) is 25.7 Å². The summed E-state index contributed by atoms with van der Waals surface area (Å²) in [5.74, 6) is 0. The monoisotopic (exact) mass is 266 g/mol. The van der Waals surface area contributed by atoms with Gasteiger partial charge in [0.1, 0.15) is 0 Å². The molecule has 1 saturated carbocycles. The molecule has 17 heavy (non-hydrogen) atoms. The molecule has 1 aliphatic rings. The molecule has 4 heteroatoms. The lowest BCUT2D eigenvalue weighted by atomic mass is 10.4. The largest absolute Gasteiger partial charge is 0.313 e. The molecular formula is C13H18N2S2. The number of nitrogens with one attached hydrogen (secondary N) is 1. The molecule has 0 spiro atoms. The van der Waals surface area contributed by atoms with Gasteiger partial charge in [-0.05, 0) is 37.4 Å². The molecule has 3 rings (SSSR count). The lowest BCUT2D eigenvalue weighted by Crippen LogP contribution is -2.29. The first-order valence-corrected chi connectivity index (χ1v) is 7.89. The summed E-state index contributed by atoms with van der Waals surface area (Å²) in [6.07, 6.45) is 2.76. The number of hydrogen-bond donors (Lipinski definition) is 1. The first kappa shape index (κ1) is 11.7. The Kier molecular flexibility index (Phi) is 3.47. The zero-order valence-electron chi connectivity index (χ0n) is 10.1. The van der Waals surface area contributed by atoms with Gasteiger partial charge in [-0.2, -0.15) is 0 Å². The van der Waals surface area contributed by atoms with Gasteiger partial charge in [0.2, 0.25) is 0 Å². The Hall–Kier alpha value is -0.420. The van der Waals surface area contributed by atoms with Gasteiger partial charge in [0.25, 0.3) is 0 Å². The Balaban J connectivity index is 1.49. The van der Waals surface area contributed by atoms with Gasteiger partial charge in [0, 0.05) is 40.0 Å². The SMILES string of the molecule is CN(CCNC1CC1)Cc1cc2sccc2s1. The Morgan fingerprint density at radius 2 is 2.29 bits per heavy atom. The molecule has 2 aromatic rings. The second-order valence-electron chi connectivity index (χ2n) is 4.83. The molecule has 2 heterocycles. The molecule has 0 aromatic carbocycles. The van der Waals surface area contributed by atoms with Gasteiger partial charge in [-0.15, -0.1) is 22.7 Å². The van der Waals surface area contributed by atoms with Crippen molar-refractivity contribution in [2.75, 3.05) is 20.1 Å². The Morgan fingerprint density at radius 3 is 3.06 bits per heavy atom. The van der Waals surface area contributed by atoms with Crippen LogP contribution >= 0.6 is 22.7 Å². The Morgan fingerprint density at radius 1 is 1.41 bits per heavy atom. The van der Waals surface area contributed by atoms with E-state index in [1.807, 2.05) is 22.7 Å². The van der Waals surface area contributed by atoms with Gasteiger partial charge in [-0.3, -0.25) is 0 Å². The van der Waals surface area contributed by atoms with E-state index in [1.54, 1.807) is 0 Å².